The first-order valence-electron chi connectivity index (χ1n) is 6.37. The van der Waals surface area contributed by atoms with E-state index in [1.165, 1.54) is 38.5 Å². The lowest BCUT2D eigenvalue weighted by Gasteiger charge is -2.02. The first-order chi connectivity index (χ1) is 7.79. The molecule has 1 heterocycles. The fraction of sp³-hybridized carbons (Fsp3) is 0.833. The molecule has 16 heavy (non-hydrogen) atoms. The smallest absolute Gasteiger partial charge is 0.127 e. The number of aromatic nitrogens is 3. The van der Waals surface area contributed by atoms with Crippen LogP contribution in [0.15, 0.2) is 4.60 Å². The van der Waals surface area contributed by atoms with E-state index in [1.54, 1.807) is 0 Å². The SMILES string of the molecule is CCCCCCn1nnc(CCCC)c1Br. The van der Waals surface area contributed by atoms with E-state index in [0.717, 1.165) is 23.3 Å². The van der Waals surface area contributed by atoms with Crippen molar-refractivity contribution in [1.29, 1.82) is 0 Å². The van der Waals surface area contributed by atoms with E-state index in [9.17, 15) is 0 Å². The molecule has 0 atom stereocenters. The van der Waals surface area contributed by atoms with Crippen LogP contribution in [0.25, 0.3) is 0 Å². The third-order valence-electron chi connectivity index (χ3n) is 2.73. The molecule has 0 unspecified atom stereocenters. The highest BCUT2D eigenvalue weighted by atomic mass is 79.9. The molecule has 1 rings (SSSR count). The molecule has 4 heteroatoms. The second kappa shape index (κ2) is 7.82. The number of aryl methyl sites for hydroxylation is 2. The van der Waals surface area contributed by atoms with Crippen molar-refractivity contribution in [2.75, 3.05) is 0 Å². The van der Waals surface area contributed by atoms with Crippen molar-refractivity contribution in [3.63, 3.8) is 0 Å². The molecule has 0 bridgehead atoms. The topological polar surface area (TPSA) is 30.7 Å². The Hall–Kier alpha value is -0.380. The lowest BCUT2D eigenvalue weighted by atomic mass is 10.2. The van der Waals surface area contributed by atoms with Crippen LogP contribution in [-0.2, 0) is 13.0 Å². The Kier molecular flexibility index (Phi) is 6.69. The van der Waals surface area contributed by atoms with Crippen molar-refractivity contribution in [2.45, 2.75) is 65.3 Å². The van der Waals surface area contributed by atoms with Gasteiger partial charge in [-0.15, -0.1) is 5.10 Å². The number of rotatable bonds is 8. The number of halogens is 1. The molecule has 0 aliphatic rings. The van der Waals surface area contributed by atoms with Crippen molar-refractivity contribution in [2.24, 2.45) is 0 Å². The molecule has 0 N–H and O–H groups in total. The maximum atomic E-state index is 4.22. The zero-order valence-corrected chi connectivity index (χ0v) is 12.0. The van der Waals surface area contributed by atoms with Crippen LogP contribution < -0.4 is 0 Å². The summed E-state index contributed by atoms with van der Waals surface area (Å²) >= 11 is 3.59. The Morgan fingerprint density at radius 2 is 1.81 bits per heavy atom. The number of nitrogens with zero attached hydrogens (tertiary/aromatic N) is 3. The Balaban J connectivity index is 2.38. The lowest BCUT2D eigenvalue weighted by molar-refractivity contribution is 0.520. The van der Waals surface area contributed by atoms with Gasteiger partial charge in [-0.1, -0.05) is 44.7 Å². The Morgan fingerprint density at radius 1 is 1.06 bits per heavy atom. The van der Waals surface area contributed by atoms with E-state index < -0.39 is 0 Å². The number of hydrogen-bond donors (Lipinski definition) is 0. The third kappa shape index (κ3) is 4.24. The van der Waals surface area contributed by atoms with E-state index in [4.69, 9.17) is 0 Å². The van der Waals surface area contributed by atoms with Gasteiger partial charge < -0.3 is 0 Å². The standard InChI is InChI=1S/C12H22BrN3/c1-3-5-7-8-10-16-12(13)11(14-15-16)9-6-4-2/h3-10H2,1-2H3. The molecule has 0 spiro atoms. The van der Waals surface area contributed by atoms with Crippen LogP contribution >= 0.6 is 15.9 Å². The van der Waals surface area contributed by atoms with Crippen molar-refractivity contribution in [3.8, 4) is 0 Å². The van der Waals surface area contributed by atoms with Gasteiger partial charge >= 0.3 is 0 Å². The van der Waals surface area contributed by atoms with Gasteiger partial charge in [-0.05, 0) is 35.2 Å². The van der Waals surface area contributed by atoms with Gasteiger partial charge in [-0.25, -0.2) is 4.68 Å². The van der Waals surface area contributed by atoms with Crippen LogP contribution in [0, 0.1) is 0 Å². The largest absolute Gasteiger partial charge is 0.238 e. The lowest BCUT2D eigenvalue weighted by Crippen LogP contribution is -2.00. The van der Waals surface area contributed by atoms with E-state index in [1.807, 2.05) is 4.68 Å². The summed E-state index contributed by atoms with van der Waals surface area (Å²) in [5.74, 6) is 0. The molecule has 0 amide bonds. The van der Waals surface area contributed by atoms with Crippen molar-refractivity contribution in [3.05, 3.63) is 10.3 Å². The Bertz CT molecular complexity index is 296. The summed E-state index contributed by atoms with van der Waals surface area (Å²) in [7, 11) is 0. The zero-order chi connectivity index (χ0) is 11.8. The summed E-state index contributed by atoms with van der Waals surface area (Å²) in [4.78, 5) is 0. The van der Waals surface area contributed by atoms with Crippen molar-refractivity contribution >= 4 is 15.9 Å². The summed E-state index contributed by atoms with van der Waals surface area (Å²) in [6.07, 6.45) is 8.50. The molecular formula is C12H22BrN3. The summed E-state index contributed by atoms with van der Waals surface area (Å²) in [6, 6.07) is 0. The highest BCUT2D eigenvalue weighted by Crippen LogP contribution is 2.16. The highest BCUT2D eigenvalue weighted by molar-refractivity contribution is 9.10. The third-order valence-corrected chi connectivity index (χ3v) is 3.60. The molecule has 1 aromatic heterocycles. The minimum Gasteiger partial charge on any atom is -0.238 e. The summed E-state index contributed by atoms with van der Waals surface area (Å²) in [6.45, 7) is 5.41. The molecule has 1 aromatic rings. The van der Waals surface area contributed by atoms with Gasteiger partial charge in [0, 0.05) is 6.54 Å². The van der Waals surface area contributed by atoms with Gasteiger partial charge in [0.2, 0.25) is 0 Å². The number of hydrogen-bond acceptors (Lipinski definition) is 2. The molecule has 0 fully saturated rings. The molecule has 0 saturated heterocycles. The minimum absolute atomic E-state index is 0.986. The highest BCUT2D eigenvalue weighted by Gasteiger charge is 2.08. The minimum atomic E-state index is 0.986. The second-order valence-corrected chi connectivity index (χ2v) is 4.97. The maximum absolute atomic E-state index is 4.22. The second-order valence-electron chi connectivity index (χ2n) is 4.21. The van der Waals surface area contributed by atoms with Gasteiger partial charge in [0.1, 0.15) is 4.60 Å². The van der Waals surface area contributed by atoms with Gasteiger partial charge in [0.15, 0.2) is 0 Å². The van der Waals surface area contributed by atoms with Crippen LogP contribution in [0.1, 0.15) is 58.1 Å². The Labute approximate surface area is 107 Å². The van der Waals surface area contributed by atoms with Crippen LogP contribution in [0.2, 0.25) is 0 Å². The molecule has 92 valence electrons. The molecule has 0 radical (unpaired) electrons. The maximum Gasteiger partial charge on any atom is 0.127 e. The zero-order valence-electron chi connectivity index (χ0n) is 10.4. The summed E-state index contributed by atoms with van der Waals surface area (Å²) in [5, 5.41) is 8.40. The quantitative estimate of drug-likeness (QED) is 0.678. The van der Waals surface area contributed by atoms with Gasteiger partial charge in [-0.2, -0.15) is 0 Å². The average molecular weight is 288 g/mol. The monoisotopic (exact) mass is 287 g/mol. The first kappa shape index (κ1) is 13.7. The average Bonchev–Trinajstić information content (AvgIpc) is 2.64. The molecular weight excluding hydrogens is 266 g/mol. The van der Waals surface area contributed by atoms with Gasteiger partial charge in [0.25, 0.3) is 0 Å². The van der Waals surface area contributed by atoms with Crippen molar-refractivity contribution in [1.82, 2.24) is 15.0 Å². The van der Waals surface area contributed by atoms with Crippen LogP contribution in [-0.4, -0.2) is 15.0 Å². The van der Waals surface area contributed by atoms with Gasteiger partial charge in [0.05, 0.1) is 5.69 Å². The number of unbranched alkanes of at least 4 members (excludes halogenated alkanes) is 4. The Morgan fingerprint density at radius 3 is 2.50 bits per heavy atom. The van der Waals surface area contributed by atoms with Crippen LogP contribution in [0.4, 0.5) is 0 Å². The van der Waals surface area contributed by atoms with Crippen molar-refractivity contribution < 1.29 is 0 Å². The van der Waals surface area contributed by atoms with Crippen LogP contribution in [0.5, 0.6) is 0 Å². The summed E-state index contributed by atoms with van der Waals surface area (Å²) in [5.41, 5.74) is 1.11. The van der Waals surface area contributed by atoms with E-state index in [-0.39, 0.29) is 0 Å². The fourth-order valence-corrected chi connectivity index (χ4v) is 2.19. The molecule has 0 aliphatic carbocycles. The molecule has 0 saturated carbocycles. The normalized spacial score (nSPS) is 10.9. The van der Waals surface area contributed by atoms with E-state index in [2.05, 4.69) is 40.1 Å². The molecule has 0 aromatic carbocycles. The summed E-state index contributed by atoms with van der Waals surface area (Å²) < 4.78 is 3.07. The van der Waals surface area contributed by atoms with E-state index in [0.29, 0.717) is 0 Å². The molecule has 0 aliphatic heterocycles. The first-order valence-corrected chi connectivity index (χ1v) is 7.16. The molecule has 3 nitrogen and oxygen atoms in total. The van der Waals surface area contributed by atoms with Gasteiger partial charge in [-0.3, -0.25) is 0 Å². The fourth-order valence-electron chi connectivity index (χ4n) is 1.67. The van der Waals surface area contributed by atoms with E-state index >= 15 is 0 Å². The predicted octanol–water partition coefficient (Wildman–Crippen LogP) is 3.96. The predicted molar refractivity (Wildman–Crippen MR) is 70.5 cm³/mol. The van der Waals surface area contributed by atoms with Crippen LogP contribution in [0.3, 0.4) is 0 Å².